The highest BCUT2D eigenvalue weighted by molar-refractivity contribution is 5.61. The van der Waals surface area contributed by atoms with Crippen molar-refractivity contribution >= 4 is 11.4 Å². The Kier molecular flexibility index (Phi) is 4.10. The zero-order valence-electron chi connectivity index (χ0n) is 10.2. The zero-order chi connectivity index (χ0) is 13.7. The molecule has 0 atom stereocenters. The number of para-hydroxylation sites is 2. The van der Waals surface area contributed by atoms with E-state index in [2.05, 4.69) is 5.32 Å². The number of nitro groups is 1. The fraction of sp³-hybridized carbons (Fsp3) is 0.143. The smallest absolute Gasteiger partial charge is 0.292 e. The van der Waals surface area contributed by atoms with E-state index in [1.807, 2.05) is 24.3 Å². The van der Waals surface area contributed by atoms with Crippen LogP contribution in [0.5, 0.6) is 0 Å². The summed E-state index contributed by atoms with van der Waals surface area (Å²) in [6.45, 7) is 0.508. The molecule has 0 saturated heterocycles. The summed E-state index contributed by atoms with van der Waals surface area (Å²) in [5, 5.41) is 22.8. The average Bonchev–Trinajstić information content (AvgIpc) is 2.46. The van der Waals surface area contributed by atoms with Crippen LogP contribution in [0.2, 0.25) is 0 Å². The summed E-state index contributed by atoms with van der Waals surface area (Å²) < 4.78 is 0. The van der Waals surface area contributed by atoms with Gasteiger partial charge in [-0.05, 0) is 17.2 Å². The topological polar surface area (TPSA) is 75.4 Å². The van der Waals surface area contributed by atoms with Crippen molar-refractivity contribution in [1.29, 1.82) is 0 Å². The predicted molar refractivity (Wildman–Crippen MR) is 72.8 cm³/mol. The summed E-state index contributed by atoms with van der Waals surface area (Å²) >= 11 is 0. The van der Waals surface area contributed by atoms with Gasteiger partial charge in [-0.2, -0.15) is 0 Å². The Bertz CT molecular complexity index is 567. The first-order valence-corrected chi connectivity index (χ1v) is 5.86. The third-order valence-corrected chi connectivity index (χ3v) is 2.79. The average molecular weight is 258 g/mol. The lowest BCUT2D eigenvalue weighted by Gasteiger charge is -2.07. The SMILES string of the molecule is O=[N+]([O-])c1ccccc1NCc1ccc(CO)cc1. The number of nitrogens with one attached hydrogen (secondary N) is 1. The first-order chi connectivity index (χ1) is 9.20. The fourth-order valence-corrected chi connectivity index (χ4v) is 1.74. The van der Waals surface area contributed by atoms with Crippen molar-refractivity contribution in [3.05, 3.63) is 69.8 Å². The number of anilines is 1. The molecule has 5 heteroatoms. The van der Waals surface area contributed by atoms with E-state index in [1.54, 1.807) is 18.2 Å². The van der Waals surface area contributed by atoms with E-state index in [9.17, 15) is 10.1 Å². The number of hydrogen-bond acceptors (Lipinski definition) is 4. The van der Waals surface area contributed by atoms with Crippen molar-refractivity contribution in [2.75, 3.05) is 5.32 Å². The molecule has 0 aliphatic carbocycles. The van der Waals surface area contributed by atoms with Crippen LogP contribution in [0.3, 0.4) is 0 Å². The lowest BCUT2D eigenvalue weighted by atomic mass is 10.1. The standard InChI is InChI=1S/C14H14N2O3/c17-10-12-7-5-11(6-8-12)9-15-13-3-1-2-4-14(13)16(18)19/h1-8,15,17H,9-10H2. The number of hydrogen-bond donors (Lipinski definition) is 2. The van der Waals surface area contributed by atoms with Crippen LogP contribution >= 0.6 is 0 Å². The summed E-state index contributed by atoms with van der Waals surface area (Å²) in [6, 6.07) is 14.0. The van der Waals surface area contributed by atoms with Gasteiger partial charge in [0.2, 0.25) is 0 Å². The van der Waals surface area contributed by atoms with Crippen LogP contribution in [-0.2, 0) is 13.2 Å². The van der Waals surface area contributed by atoms with E-state index in [4.69, 9.17) is 5.11 Å². The monoisotopic (exact) mass is 258 g/mol. The number of aliphatic hydroxyl groups is 1. The van der Waals surface area contributed by atoms with E-state index in [-0.39, 0.29) is 12.3 Å². The number of nitro benzene ring substituents is 1. The minimum Gasteiger partial charge on any atom is -0.392 e. The van der Waals surface area contributed by atoms with Crippen LogP contribution < -0.4 is 5.32 Å². The van der Waals surface area contributed by atoms with Crippen LogP contribution in [-0.4, -0.2) is 10.0 Å². The van der Waals surface area contributed by atoms with Gasteiger partial charge in [-0.3, -0.25) is 10.1 Å². The second-order valence-corrected chi connectivity index (χ2v) is 4.10. The molecule has 0 radical (unpaired) electrons. The van der Waals surface area contributed by atoms with Gasteiger partial charge in [0.25, 0.3) is 5.69 Å². The minimum atomic E-state index is -0.406. The highest BCUT2D eigenvalue weighted by Crippen LogP contribution is 2.23. The first-order valence-electron chi connectivity index (χ1n) is 5.86. The molecule has 0 aromatic heterocycles. The van der Waals surface area contributed by atoms with E-state index in [0.29, 0.717) is 12.2 Å². The van der Waals surface area contributed by atoms with Gasteiger partial charge < -0.3 is 10.4 Å². The van der Waals surface area contributed by atoms with E-state index in [1.165, 1.54) is 6.07 Å². The number of rotatable bonds is 5. The first kappa shape index (κ1) is 13.0. The molecule has 2 aromatic carbocycles. The lowest BCUT2D eigenvalue weighted by Crippen LogP contribution is -2.02. The second-order valence-electron chi connectivity index (χ2n) is 4.10. The van der Waals surface area contributed by atoms with Gasteiger partial charge in [0.05, 0.1) is 11.5 Å². The van der Waals surface area contributed by atoms with E-state index >= 15 is 0 Å². The Hall–Kier alpha value is -2.40. The summed E-state index contributed by atoms with van der Waals surface area (Å²) in [6.07, 6.45) is 0. The maximum Gasteiger partial charge on any atom is 0.292 e. The normalized spacial score (nSPS) is 10.2. The Morgan fingerprint density at radius 3 is 2.32 bits per heavy atom. The molecule has 19 heavy (non-hydrogen) atoms. The van der Waals surface area contributed by atoms with Crippen molar-refractivity contribution in [1.82, 2.24) is 0 Å². The highest BCUT2D eigenvalue weighted by atomic mass is 16.6. The Morgan fingerprint density at radius 1 is 1.05 bits per heavy atom. The molecule has 0 heterocycles. The molecule has 0 unspecified atom stereocenters. The van der Waals surface area contributed by atoms with Crippen molar-refractivity contribution < 1.29 is 10.0 Å². The maximum atomic E-state index is 10.9. The van der Waals surface area contributed by atoms with Gasteiger partial charge in [0.1, 0.15) is 5.69 Å². The number of benzene rings is 2. The molecule has 2 aromatic rings. The Morgan fingerprint density at radius 2 is 1.68 bits per heavy atom. The number of aliphatic hydroxyl groups excluding tert-OH is 1. The molecule has 0 aliphatic heterocycles. The molecule has 2 rings (SSSR count). The molecule has 5 nitrogen and oxygen atoms in total. The fourth-order valence-electron chi connectivity index (χ4n) is 1.74. The molecule has 2 N–H and O–H groups in total. The molecule has 0 spiro atoms. The van der Waals surface area contributed by atoms with Crippen molar-refractivity contribution in [2.45, 2.75) is 13.2 Å². The van der Waals surface area contributed by atoms with E-state index < -0.39 is 4.92 Å². The number of nitrogens with zero attached hydrogens (tertiary/aromatic N) is 1. The van der Waals surface area contributed by atoms with Gasteiger partial charge in [0, 0.05) is 12.6 Å². The largest absolute Gasteiger partial charge is 0.392 e. The molecule has 0 saturated carbocycles. The van der Waals surface area contributed by atoms with Crippen LogP contribution in [0.25, 0.3) is 0 Å². The van der Waals surface area contributed by atoms with Gasteiger partial charge >= 0.3 is 0 Å². The summed E-state index contributed by atoms with van der Waals surface area (Å²) in [5.74, 6) is 0. The minimum absolute atomic E-state index is 0.0118. The Balaban J connectivity index is 2.07. The third-order valence-electron chi connectivity index (χ3n) is 2.79. The van der Waals surface area contributed by atoms with Crippen molar-refractivity contribution in [3.63, 3.8) is 0 Å². The molecule has 0 fully saturated rings. The van der Waals surface area contributed by atoms with Gasteiger partial charge in [-0.15, -0.1) is 0 Å². The summed E-state index contributed by atoms with van der Waals surface area (Å²) in [4.78, 5) is 10.4. The molecule has 0 amide bonds. The molecule has 0 aliphatic rings. The van der Waals surface area contributed by atoms with Crippen LogP contribution in [0.15, 0.2) is 48.5 Å². The third kappa shape index (κ3) is 3.29. The molecular weight excluding hydrogens is 244 g/mol. The van der Waals surface area contributed by atoms with Crippen LogP contribution in [0.1, 0.15) is 11.1 Å². The Labute approximate surface area is 110 Å². The van der Waals surface area contributed by atoms with Crippen molar-refractivity contribution in [3.8, 4) is 0 Å². The molecule has 0 bridgehead atoms. The van der Waals surface area contributed by atoms with E-state index in [0.717, 1.165) is 11.1 Å². The van der Waals surface area contributed by atoms with Crippen LogP contribution in [0.4, 0.5) is 11.4 Å². The van der Waals surface area contributed by atoms with Gasteiger partial charge in [-0.25, -0.2) is 0 Å². The summed E-state index contributed by atoms with van der Waals surface area (Å²) in [7, 11) is 0. The summed E-state index contributed by atoms with van der Waals surface area (Å²) in [5.41, 5.74) is 2.40. The predicted octanol–water partition coefficient (Wildman–Crippen LogP) is 2.70. The molecule has 98 valence electrons. The van der Waals surface area contributed by atoms with Gasteiger partial charge in [0.15, 0.2) is 0 Å². The lowest BCUT2D eigenvalue weighted by molar-refractivity contribution is -0.384. The van der Waals surface area contributed by atoms with Gasteiger partial charge in [-0.1, -0.05) is 36.4 Å². The maximum absolute atomic E-state index is 10.9. The quantitative estimate of drug-likeness (QED) is 0.638. The highest BCUT2D eigenvalue weighted by Gasteiger charge is 2.11. The zero-order valence-corrected chi connectivity index (χ0v) is 10.2. The van der Waals surface area contributed by atoms with Crippen LogP contribution in [0, 0.1) is 10.1 Å². The second kappa shape index (κ2) is 5.97. The van der Waals surface area contributed by atoms with Crippen molar-refractivity contribution in [2.24, 2.45) is 0 Å². The molecular formula is C14H14N2O3.